The van der Waals surface area contributed by atoms with Crippen LogP contribution in [0.15, 0.2) is 0 Å². The molecule has 0 atom stereocenters. The summed E-state index contributed by atoms with van der Waals surface area (Å²) >= 11 is 0. The van der Waals surface area contributed by atoms with E-state index in [0.717, 1.165) is 13.1 Å². The topological polar surface area (TPSA) is 46.6 Å². The van der Waals surface area contributed by atoms with Crippen molar-refractivity contribution in [3.63, 3.8) is 0 Å². The summed E-state index contributed by atoms with van der Waals surface area (Å²) in [7, 11) is -0.689. The van der Waals surface area contributed by atoms with Crippen LogP contribution in [0.25, 0.3) is 0 Å². The lowest BCUT2D eigenvalue weighted by atomic mass is 10.2. The number of carbonyl (C=O) groups excluding carboxylic acids is 1. The first-order valence-electron chi connectivity index (χ1n) is 5.16. The Morgan fingerprint density at radius 1 is 1.33 bits per heavy atom. The monoisotopic (exact) mass is 233 g/mol. The molecule has 1 rings (SSSR count). The lowest BCUT2D eigenvalue weighted by Gasteiger charge is -2.27. The van der Waals surface area contributed by atoms with Gasteiger partial charge in [-0.2, -0.15) is 0 Å². The van der Waals surface area contributed by atoms with Gasteiger partial charge in [-0.1, -0.05) is 0 Å². The molecule has 1 aliphatic heterocycles. The minimum Gasteiger partial charge on any atom is -0.459 e. The molecule has 0 saturated carbocycles. The molecule has 0 aromatic rings. The van der Waals surface area contributed by atoms with Gasteiger partial charge in [-0.25, -0.2) is 0 Å². The van der Waals surface area contributed by atoms with Crippen LogP contribution in [0.1, 0.15) is 20.8 Å². The molecule has 5 heteroatoms. The Morgan fingerprint density at radius 3 is 2.33 bits per heavy atom. The molecule has 0 radical (unpaired) electrons. The number of hydrogen-bond donors (Lipinski definition) is 0. The summed E-state index contributed by atoms with van der Waals surface area (Å²) in [6, 6.07) is 0. The van der Waals surface area contributed by atoms with Crippen LogP contribution < -0.4 is 0 Å². The average Bonchev–Trinajstić information content (AvgIpc) is 2.05. The summed E-state index contributed by atoms with van der Waals surface area (Å²) in [5.41, 5.74) is -0.421. The highest BCUT2D eigenvalue weighted by Crippen LogP contribution is 2.08. The first kappa shape index (κ1) is 12.6. The summed E-state index contributed by atoms with van der Waals surface area (Å²) in [5.74, 6) is 1.14. The number of nitrogens with zero attached hydrogens (tertiary/aromatic N) is 1. The molecule has 4 nitrogen and oxygen atoms in total. The van der Waals surface area contributed by atoms with Gasteiger partial charge in [0.05, 0.1) is 6.54 Å². The highest BCUT2D eigenvalue weighted by molar-refractivity contribution is 7.85. The quantitative estimate of drug-likeness (QED) is 0.647. The Labute approximate surface area is 93.4 Å². The molecule has 0 N–H and O–H groups in total. The number of rotatable bonds is 2. The van der Waals surface area contributed by atoms with Gasteiger partial charge < -0.3 is 4.74 Å². The summed E-state index contributed by atoms with van der Waals surface area (Å²) in [4.78, 5) is 13.5. The van der Waals surface area contributed by atoms with Gasteiger partial charge in [-0.05, 0) is 20.8 Å². The summed E-state index contributed by atoms with van der Waals surface area (Å²) in [6.07, 6.45) is 0. The van der Waals surface area contributed by atoms with E-state index in [9.17, 15) is 9.00 Å². The van der Waals surface area contributed by atoms with Crippen molar-refractivity contribution in [2.75, 3.05) is 31.1 Å². The van der Waals surface area contributed by atoms with Crippen LogP contribution in [0.2, 0.25) is 0 Å². The molecule has 0 aromatic carbocycles. The number of ether oxygens (including phenoxy) is 1. The molecule has 0 aliphatic carbocycles. The maximum atomic E-state index is 11.5. The largest absolute Gasteiger partial charge is 0.459 e. The van der Waals surface area contributed by atoms with Gasteiger partial charge in [-0.3, -0.25) is 13.9 Å². The number of esters is 1. The number of carbonyl (C=O) groups is 1. The third-order valence-corrected chi connectivity index (χ3v) is 3.32. The van der Waals surface area contributed by atoms with E-state index < -0.39 is 16.4 Å². The molecule has 0 unspecified atom stereocenters. The van der Waals surface area contributed by atoms with E-state index in [-0.39, 0.29) is 5.97 Å². The third-order valence-electron chi connectivity index (χ3n) is 2.04. The molecule has 88 valence electrons. The van der Waals surface area contributed by atoms with Crippen molar-refractivity contribution in [3.05, 3.63) is 0 Å². The Hall–Kier alpha value is -0.420. The standard InChI is InChI=1S/C10H19NO3S/c1-10(2,3)14-9(12)8-11-4-6-15(13)7-5-11/h4-8H2,1-3H3. The first-order valence-corrected chi connectivity index (χ1v) is 6.65. The van der Waals surface area contributed by atoms with Crippen LogP contribution in [-0.2, 0) is 20.3 Å². The molecule has 15 heavy (non-hydrogen) atoms. The fourth-order valence-electron chi connectivity index (χ4n) is 1.39. The van der Waals surface area contributed by atoms with Crippen LogP contribution >= 0.6 is 0 Å². The van der Waals surface area contributed by atoms with Gasteiger partial charge in [0, 0.05) is 35.4 Å². The van der Waals surface area contributed by atoms with E-state index in [2.05, 4.69) is 0 Å². The molecule has 0 amide bonds. The lowest BCUT2D eigenvalue weighted by molar-refractivity contribution is -0.156. The van der Waals surface area contributed by atoms with Gasteiger partial charge in [0.1, 0.15) is 5.60 Å². The molecule has 1 saturated heterocycles. The molecule has 0 spiro atoms. The predicted octanol–water partition coefficient (Wildman–Crippen LogP) is 0.392. The minimum atomic E-state index is -0.689. The van der Waals surface area contributed by atoms with Crippen LogP contribution in [0.5, 0.6) is 0 Å². The van der Waals surface area contributed by atoms with Crippen molar-refractivity contribution in [2.45, 2.75) is 26.4 Å². The molecule has 0 aromatic heterocycles. The van der Waals surface area contributed by atoms with E-state index in [0.29, 0.717) is 18.1 Å². The summed E-state index contributed by atoms with van der Waals surface area (Å²) in [6.45, 7) is 7.34. The van der Waals surface area contributed by atoms with Crippen molar-refractivity contribution in [1.82, 2.24) is 4.90 Å². The fourth-order valence-corrected chi connectivity index (χ4v) is 2.52. The molecular weight excluding hydrogens is 214 g/mol. The Kier molecular flexibility index (Phi) is 4.28. The van der Waals surface area contributed by atoms with Crippen molar-refractivity contribution in [1.29, 1.82) is 0 Å². The van der Waals surface area contributed by atoms with E-state index in [1.807, 2.05) is 25.7 Å². The van der Waals surface area contributed by atoms with E-state index >= 15 is 0 Å². The SMILES string of the molecule is CC(C)(C)OC(=O)CN1CCS(=O)CC1. The fraction of sp³-hybridized carbons (Fsp3) is 0.900. The maximum Gasteiger partial charge on any atom is 0.320 e. The van der Waals surface area contributed by atoms with Crippen molar-refractivity contribution >= 4 is 16.8 Å². The van der Waals surface area contributed by atoms with Gasteiger partial charge in [0.15, 0.2) is 0 Å². The Balaban J connectivity index is 2.29. The van der Waals surface area contributed by atoms with Gasteiger partial charge in [0.25, 0.3) is 0 Å². The molecule has 1 aliphatic rings. The summed E-state index contributed by atoms with van der Waals surface area (Å²) < 4.78 is 16.3. The average molecular weight is 233 g/mol. The van der Waals surface area contributed by atoms with Gasteiger partial charge >= 0.3 is 5.97 Å². The van der Waals surface area contributed by atoms with E-state index in [1.165, 1.54) is 0 Å². The smallest absolute Gasteiger partial charge is 0.320 e. The van der Waals surface area contributed by atoms with Crippen LogP contribution in [0.4, 0.5) is 0 Å². The summed E-state index contributed by atoms with van der Waals surface area (Å²) in [5, 5.41) is 0. The zero-order chi connectivity index (χ0) is 11.5. The van der Waals surface area contributed by atoms with Crippen molar-refractivity contribution in [2.24, 2.45) is 0 Å². The van der Waals surface area contributed by atoms with Gasteiger partial charge in [0.2, 0.25) is 0 Å². The second-order valence-corrected chi connectivity index (χ2v) is 6.41. The van der Waals surface area contributed by atoms with Gasteiger partial charge in [-0.15, -0.1) is 0 Å². The minimum absolute atomic E-state index is 0.199. The lowest BCUT2D eigenvalue weighted by Crippen LogP contribution is -2.42. The highest BCUT2D eigenvalue weighted by Gasteiger charge is 2.21. The zero-order valence-electron chi connectivity index (χ0n) is 9.62. The van der Waals surface area contributed by atoms with Crippen molar-refractivity contribution in [3.8, 4) is 0 Å². The van der Waals surface area contributed by atoms with Crippen LogP contribution in [0.3, 0.4) is 0 Å². The maximum absolute atomic E-state index is 11.5. The highest BCUT2D eigenvalue weighted by atomic mass is 32.2. The Bertz CT molecular complexity index is 250. The normalized spacial score (nSPS) is 20.2. The van der Waals surface area contributed by atoms with E-state index in [1.54, 1.807) is 0 Å². The molecular formula is C10H19NO3S. The van der Waals surface area contributed by atoms with Crippen molar-refractivity contribution < 1.29 is 13.7 Å². The van der Waals surface area contributed by atoms with Crippen LogP contribution in [-0.4, -0.2) is 51.8 Å². The molecule has 1 heterocycles. The molecule has 0 bridgehead atoms. The Morgan fingerprint density at radius 2 is 1.87 bits per heavy atom. The van der Waals surface area contributed by atoms with Crippen LogP contribution in [0, 0.1) is 0 Å². The van der Waals surface area contributed by atoms with E-state index in [4.69, 9.17) is 4.74 Å². The first-order chi connectivity index (χ1) is 6.87. The number of hydrogen-bond acceptors (Lipinski definition) is 4. The predicted molar refractivity (Wildman–Crippen MR) is 60.2 cm³/mol. The zero-order valence-corrected chi connectivity index (χ0v) is 10.4. The second-order valence-electron chi connectivity index (χ2n) is 4.71. The third kappa shape index (κ3) is 5.28. The molecule has 1 fully saturated rings. The second kappa shape index (κ2) is 5.07.